The molecule has 0 bridgehead atoms. The summed E-state index contributed by atoms with van der Waals surface area (Å²) in [5, 5.41) is 4.06. The molecule has 0 saturated heterocycles. The first-order valence-corrected chi connectivity index (χ1v) is 7.69. The summed E-state index contributed by atoms with van der Waals surface area (Å²) in [7, 11) is 0. The maximum Gasteiger partial charge on any atom is 0.213 e. The first-order valence-electron chi connectivity index (χ1n) is 7.31. The van der Waals surface area contributed by atoms with E-state index in [9.17, 15) is 0 Å². The Kier molecular flexibility index (Phi) is 5.93. The molecule has 0 atom stereocenters. The maximum absolute atomic E-state index is 6.16. The second-order valence-electron chi connectivity index (χ2n) is 5.17. The van der Waals surface area contributed by atoms with Crippen molar-refractivity contribution in [2.45, 2.75) is 58.1 Å². The summed E-state index contributed by atoms with van der Waals surface area (Å²) >= 11 is 6.16. The highest BCUT2D eigenvalue weighted by Crippen LogP contribution is 2.24. The molecular weight excluding hydrogens is 260 g/mol. The van der Waals surface area contributed by atoms with E-state index in [1.807, 2.05) is 6.07 Å². The molecule has 3 nitrogen and oxygen atoms in total. The number of pyridine rings is 1. The molecule has 0 aliphatic heterocycles. The van der Waals surface area contributed by atoms with Gasteiger partial charge in [-0.3, -0.25) is 0 Å². The molecule has 4 heteroatoms. The largest absolute Gasteiger partial charge is 0.474 e. The predicted octanol–water partition coefficient (Wildman–Crippen LogP) is 3.95. The highest BCUT2D eigenvalue weighted by molar-refractivity contribution is 6.31. The highest BCUT2D eigenvalue weighted by Gasteiger charge is 2.16. The van der Waals surface area contributed by atoms with Crippen molar-refractivity contribution in [1.82, 2.24) is 10.3 Å². The summed E-state index contributed by atoms with van der Waals surface area (Å²) in [4.78, 5) is 4.28. The number of ether oxygens (including phenoxy) is 1. The lowest BCUT2D eigenvalue weighted by atomic mass is 9.98. The highest BCUT2D eigenvalue weighted by atomic mass is 35.5. The second-order valence-corrected chi connectivity index (χ2v) is 5.58. The van der Waals surface area contributed by atoms with Crippen LogP contribution in [0.15, 0.2) is 12.3 Å². The fourth-order valence-corrected chi connectivity index (χ4v) is 2.58. The van der Waals surface area contributed by atoms with E-state index < -0.39 is 0 Å². The van der Waals surface area contributed by atoms with E-state index in [-0.39, 0.29) is 0 Å². The van der Waals surface area contributed by atoms with Crippen molar-refractivity contribution < 1.29 is 4.74 Å². The standard InChI is InChI=1S/C15H23ClN2O/c1-2-8-17-10-12-9-15(18-11-14(12)16)19-13-6-4-3-5-7-13/h9,11,13,17H,2-8,10H2,1H3. The average Bonchev–Trinajstić information content (AvgIpc) is 2.44. The van der Waals surface area contributed by atoms with Gasteiger partial charge in [0.25, 0.3) is 0 Å². The van der Waals surface area contributed by atoms with Crippen LogP contribution in [0.2, 0.25) is 5.02 Å². The Hall–Kier alpha value is -0.800. The van der Waals surface area contributed by atoms with Crippen molar-refractivity contribution in [3.05, 3.63) is 22.8 Å². The summed E-state index contributed by atoms with van der Waals surface area (Å²) in [6.07, 6.45) is 9.31. The van der Waals surface area contributed by atoms with Gasteiger partial charge >= 0.3 is 0 Å². The first kappa shape index (κ1) is 14.6. The summed E-state index contributed by atoms with van der Waals surface area (Å²) < 4.78 is 5.96. The number of halogens is 1. The van der Waals surface area contributed by atoms with E-state index in [4.69, 9.17) is 16.3 Å². The molecule has 1 saturated carbocycles. The minimum Gasteiger partial charge on any atom is -0.474 e. The van der Waals surface area contributed by atoms with Gasteiger partial charge in [0.2, 0.25) is 5.88 Å². The molecule has 0 unspecified atom stereocenters. The van der Waals surface area contributed by atoms with Crippen molar-refractivity contribution in [1.29, 1.82) is 0 Å². The van der Waals surface area contributed by atoms with Crippen molar-refractivity contribution in [2.75, 3.05) is 6.54 Å². The Morgan fingerprint density at radius 1 is 1.37 bits per heavy atom. The van der Waals surface area contributed by atoms with E-state index in [1.54, 1.807) is 6.20 Å². The lowest BCUT2D eigenvalue weighted by molar-refractivity contribution is 0.148. The quantitative estimate of drug-likeness (QED) is 0.802. The Bertz CT molecular complexity index is 392. The zero-order valence-electron chi connectivity index (χ0n) is 11.6. The van der Waals surface area contributed by atoms with Gasteiger partial charge in [0.05, 0.1) is 5.02 Å². The van der Waals surface area contributed by atoms with Crippen LogP contribution in [0.25, 0.3) is 0 Å². The zero-order chi connectivity index (χ0) is 13.5. The molecule has 0 amide bonds. The van der Waals surface area contributed by atoms with Gasteiger partial charge in [0, 0.05) is 18.8 Å². The molecule has 1 aromatic rings. The number of hydrogen-bond acceptors (Lipinski definition) is 3. The number of hydrogen-bond donors (Lipinski definition) is 1. The molecule has 1 aromatic heterocycles. The Balaban J connectivity index is 1.94. The molecule has 1 heterocycles. The summed E-state index contributed by atoms with van der Waals surface area (Å²) in [5.74, 6) is 0.713. The Labute approximate surface area is 120 Å². The average molecular weight is 283 g/mol. The van der Waals surface area contributed by atoms with Gasteiger partial charge in [-0.05, 0) is 44.2 Å². The Morgan fingerprint density at radius 3 is 2.89 bits per heavy atom. The minimum atomic E-state index is 0.332. The van der Waals surface area contributed by atoms with Crippen LogP contribution in [0.3, 0.4) is 0 Å². The van der Waals surface area contributed by atoms with Crippen LogP contribution in [0.4, 0.5) is 0 Å². The number of nitrogens with zero attached hydrogens (tertiary/aromatic N) is 1. The SMILES string of the molecule is CCCNCc1cc(OC2CCCCC2)ncc1Cl. The van der Waals surface area contributed by atoms with Crippen LogP contribution in [0, 0.1) is 0 Å². The van der Waals surface area contributed by atoms with Gasteiger partial charge in [-0.25, -0.2) is 4.98 Å². The van der Waals surface area contributed by atoms with Gasteiger partial charge < -0.3 is 10.1 Å². The normalized spacial score (nSPS) is 16.5. The van der Waals surface area contributed by atoms with Crippen molar-refractivity contribution in [3.8, 4) is 5.88 Å². The Morgan fingerprint density at radius 2 is 2.16 bits per heavy atom. The first-order chi connectivity index (χ1) is 9.29. The summed E-state index contributed by atoms with van der Waals surface area (Å²) in [6, 6.07) is 1.97. The van der Waals surface area contributed by atoms with Crippen LogP contribution < -0.4 is 10.1 Å². The molecule has 106 valence electrons. The smallest absolute Gasteiger partial charge is 0.213 e. The zero-order valence-corrected chi connectivity index (χ0v) is 12.4. The topological polar surface area (TPSA) is 34.1 Å². The molecule has 19 heavy (non-hydrogen) atoms. The van der Waals surface area contributed by atoms with Crippen LogP contribution in [-0.4, -0.2) is 17.6 Å². The van der Waals surface area contributed by atoms with E-state index in [0.29, 0.717) is 17.0 Å². The van der Waals surface area contributed by atoms with Crippen LogP contribution in [0.1, 0.15) is 51.0 Å². The summed E-state index contributed by atoms with van der Waals surface area (Å²) in [5.41, 5.74) is 1.07. The van der Waals surface area contributed by atoms with Crippen molar-refractivity contribution >= 4 is 11.6 Å². The van der Waals surface area contributed by atoms with E-state index >= 15 is 0 Å². The summed E-state index contributed by atoms with van der Waals surface area (Å²) in [6.45, 7) is 3.92. The minimum absolute atomic E-state index is 0.332. The van der Waals surface area contributed by atoms with Gasteiger partial charge in [-0.2, -0.15) is 0 Å². The van der Waals surface area contributed by atoms with E-state index in [2.05, 4.69) is 17.2 Å². The molecule has 1 aliphatic carbocycles. The van der Waals surface area contributed by atoms with E-state index in [0.717, 1.165) is 37.9 Å². The number of nitrogens with one attached hydrogen (secondary N) is 1. The van der Waals surface area contributed by atoms with E-state index in [1.165, 1.54) is 19.3 Å². The van der Waals surface area contributed by atoms with Gasteiger partial charge in [-0.15, -0.1) is 0 Å². The van der Waals surface area contributed by atoms with Crippen LogP contribution >= 0.6 is 11.6 Å². The van der Waals surface area contributed by atoms with Crippen molar-refractivity contribution in [2.24, 2.45) is 0 Å². The molecule has 2 rings (SSSR count). The second kappa shape index (κ2) is 7.71. The fraction of sp³-hybridized carbons (Fsp3) is 0.667. The lowest BCUT2D eigenvalue weighted by Crippen LogP contribution is -2.20. The van der Waals surface area contributed by atoms with Crippen LogP contribution in [0.5, 0.6) is 5.88 Å². The monoisotopic (exact) mass is 282 g/mol. The molecule has 1 aliphatic rings. The van der Waals surface area contributed by atoms with Gasteiger partial charge in [0.15, 0.2) is 0 Å². The molecular formula is C15H23ClN2O. The lowest BCUT2D eigenvalue weighted by Gasteiger charge is -2.22. The molecule has 1 fully saturated rings. The maximum atomic E-state index is 6.16. The predicted molar refractivity (Wildman–Crippen MR) is 78.7 cm³/mol. The molecule has 1 N–H and O–H groups in total. The van der Waals surface area contributed by atoms with Crippen molar-refractivity contribution in [3.63, 3.8) is 0 Å². The van der Waals surface area contributed by atoms with Gasteiger partial charge in [-0.1, -0.05) is 24.9 Å². The third-order valence-electron chi connectivity index (χ3n) is 3.49. The molecule has 0 spiro atoms. The van der Waals surface area contributed by atoms with Crippen LogP contribution in [-0.2, 0) is 6.54 Å². The number of aromatic nitrogens is 1. The third-order valence-corrected chi connectivity index (χ3v) is 3.83. The number of rotatable bonds is 6. The molecule has 0 radical (unpaired) electrons. The van der Waals surface area contributed by atoms with Gasteiger partial charge in [0.1, 0.15) is 6.10 Å². The fourth-order valence-electron chi connectivity index (χ4n) is 2.41. The molecule has 0 aromatic carbocycles. The third kappa shape index (κ3) is 4.66.